The van der Waals surface area contributed by atoms with Crippen LogP contribution < -0.4 is 0 Å². The Morgan fingerprint density at radius 2 is 1.88 bits per heavy atom. The van der Waals surface area contributed by atoms with E-state index in [-0.39, 0.29) is 11.1 Å². The summed E-state index contributed by atoms with van der Waals surface area (Å²) < 4.78 is 56.2. The molecule has 0 fully saturated rings. The van der Waals surface area contributed by atoms with Crippen LogP contribution in [0.25, 0.3) is 16.8 Å². The van der Waals surface area contributed by atoms with Crippen LogP contribution in [-0.2, 0) is 19.0 Å². The van der Waals surface area contributed by atoms with Crippen molar-refractivity contribution in [3.05, 3.63) is 59.2 Å². The fourth-order valence-electron chi connectivity index (χ4n) is 3.21. The van der Waals surface area contributed by atoms with Gasteiger partial charge in [0.25, 0.3) is 0 Å². The van der Waals surface area contributed by atoms with Gasteiger partial charge in [-0.1, -0.05) is 0 Å². The molecule has 3 aromatic rings. The topological polar surface area (TPSA) is 43.6 Å². The first-order chi connectivity index (χ1) is 11.9. The number of fused-ring (bicyclic) bond motifs is 3. The van der Waals surface area contributed by atoms with E-state index in [1.807, 2.05) is 0 Å². The molecule has 4 nitrogen and oxygen atoms in total. The average Bonchev–Trinajstić information content (AvgIpc) is 2.95. The highest BCUT2D eigenvalue weighted by atomic mass is 19.4. The fourth-order valence-corrected chi connectivity index (χ4v) is 3.21. The number of aryl methyl sites for hydroxylation is 3. The molecule has 128 valence electrons. The lowest BCUT2D eigenvalue weighted by molar-refractivity contribution is -0.137. The van der Waals surface area contributed by atoms with E-state index in [0.717, 1.165) is 29.8 Å². The Morgan fingerprint density at radius 1 is 1.08 bits per heavy atom. The van der Waals surface area contributed by atoms with E-state index in [9.17, 15) is 17.6 Å². The summed E-state index contributed by atoms with van der Waals surface area (Å²) in [4.78, 5) is 3.74. The summed E-state index contributed by atoms with van der Waals surface area (Å²) in [6, 6.07) is 3.58. The van der Waals surface area contributed by atoms with Crippen molar-refractivity contribution in [2.75, 3.05) is 0 Å². The molecule has 0 bridgehead atoms. The molecule has 8 heteroatoms. The van der Waals surface area contributed by atoms with Crippen LogP contribution in [0.2, 0.25) is 0 Å². The molecule has 1 aromatic carbocycles. The van der Waals surface area contributed by atoms with Crippen LogP contribution in [0.4, 0.5) is 17.6 Å². The van der Waals surface area contributed by atoms with Crippen molar-refractivity contribution in [3.8, 4) is 16.8 Å². The molecule has 0 radical (unpaired) electrons. The third kappa shape index (κ3) is 2.48. The quantitative estimate of drug-likeness (QED) is 0.627. The van der Waals surface area contributed by atoms with Crippen molar-refractivity contribution in [1.82, 2.24) is 19.7 Å². The second kappa shape index (κ2) is 5.37. The highest BCUT2D eigenvalue weighted by Crippen LogP contribution is 2.39. The molecule has 3 heterocycles. The summed E-state index contributed by atoms with van der Waals surface area (Å²) in [5, 5.41) is 8.03. The molecule has 1 aliphatic heterocycles. The Bertz CT molecular complexity index is 975. The number of hydrogen-bond acceptors (Lipinski definition) is 3. The largest absolute Gasteiger partial charge is 0.417 e. The molecule has 0 N–H and O–H groups in total. The van der Waals surface area contributed by atoms with Gasteiger partial charge in [0.1, 0.15) is 17.5 Å². The minimum absolute atomic E-state index is 0.103. The van der Waals surface area contributed by atoms with E-state index < -0.39 is 17.6 Å². The van der Waals surface area contributed by atoms with Crippen LogP contribution in [0.5, 0.6) is 0 Å². The molecule has 0 amide bonds. The van der Waals surface area contributed by atoms with E-state index in [2.05, 4.69) is 15.2 Å². The van der Waals surface area contributed by atoms with Gasteiger partial charge in [-0.3, -0.25) is 9.55 Å². The SMILES string of the molecule is Cc1nnc2n1-c1cc(F)c(-c3cnccc3C(F)(F)F)cc1CC2. The number of nitrogens with zero attached hydrogens (tertiary/aromatic N) is 4. The number of halogens is 4. The molecule has 0 aliphatic carbocycles. The fraction of sp³-hybridized carbons (Fsp3) is 0.235. The average molecular weight is 348 g/mol. The monoisotopic (exact) mass is 348 g/mol. The van der Waals surface area contributed by atoms with Crippen molar-refractivity contribution < 1.29 is 17.6 Å². The van der Waals surface area contributed by atoms with Gasteiger partial charge in [-0.25, -0.2) is 4.39 Å². The number of hydrogen-bond donors (Lipinski definition) is 0. The van der Waals surface area contributed by atoms with Gasteiger partial charge in [0.2, 0.25) is 0 Å². The molecule has 0 spiro atoms. The number of alkyl halides is 3. The summed E-state index contributed by atoms with van der Waals surface area (Å²) in [7, 11) is 0. The van der Waals surface area contributed by atoms with Crippen molar-refractivity contribution in [1.29, 1.82) is 0 Å². The Labute approximate surface area is 140 Å². The molecule has 25 heavy (non-hydrogen) atoms. The lowest BCUT2D eigenvalue weighted by atomic mass is 9.95. The van der Waals surface area contributed by atoms with Gasteiger partial charge < -0.3 is 0 Å². The molecule has 0 saturated heterocycles. The lowest BCUT2D eigenvalue weighted by Gasteiger charge is -2.21. The highest BCUT2D eigenvalue weighted by molar-refractivity contribution is 5.70. The standard InChI is InChI=1S/C17H12F4N4/c1-9-23-24-16-3-2-10-6-11(14(18)7-15(10)25(9)16)12-8-22-5-4-13(12)17(19,20)21/h4-8H,2-3H2,1H3. The summed E-state index contributed by atoms with van der Waals surface area (Å²) in [6.45, 7) is 1.75. The van der Waals surface area contributed by atoms with Gasteiger partial charge in [-0.15, -0.1) is 10.2 Å². The third-order valence-electron chi connectivity index (χ3n) is 4.34. The predicted octanol–water partition coefficient (Wildman–Crippen LogP) is 3.89. The molecule has 2 aromatic heterocycles. The molecule has 1 aliphatic rings. The van der Waals surface area contributed by atoms with Crippen LogP contribution in [-0.4, -0.2) is 19.7 Å². The Morgan fingerprint density at radius 3 is 2.64 bits per heavy atom. The molecular weight excluding hydrogens is 336 g/mol. The van der Waals surface area contributed by atoms with Gasteiger partial charge >= 0.3 is 6.18 Å². The van der Waals surface area contributed by atoms with Crippen molar-refractivity contribution in [2.45, 2.75) is 25.9 Å². The maximum Gasteiger partial charge on any atom is 0.417 e. The molecule has 0 atom stereocenters. The zero-order valence-electron chi connectivity index (χ0n) is 13.1. The minimum atomic E-state index is -4.58. The first kappa shape index (κ1) is 15.7. The van der Waals surface area contributed by atoms with E-state index in [4.69, 9.17) is 0 Å². The Balaban J connectivity index is 1.93. The number of aromatic nitrogens is 4. The molecule has 0 unspecified atom stereocenters. The van der Waals surface area contributed by atoms with Crippen molar-refractivity contribution >= 4 is 0 Å². The molecular formula is C17H12F4N4. The lowest BCUT2D eigenvalue weighted by Crippen LogP contribution is -2.15. The number of rotatable bonds is 1. The van der Waals surface area contributed by atoms with Gasteiger partial charge in [0, 0.05) is 29.9 Å². The van der Waals surface area contributed by atoms with Gasteiger partial charge in [-0.2, -0.15) is 13.2 Å². The first-order valence-corrected chi connectivity index (χ1v) is 7.61. The van der Waals surface area contributed by atoms with Gasteiger partial charge in [-0.05, 0) is 37.1 Å². The molecule has 4 rings (SSSR count). The van der Waals surface area contributed by atoms with Gasteiger partial charge in [0.15, 0.2) is 0 Å². The number of pyridine rings is 1. The second-order valence-electron chi connectivity index (χ2n) is 5.88. The van der Waals surface area contributed by atoms with Crippen molar-refractivity contribution in [2.24, 2.45) is 0 Å². The predicted molar refractivity (Wildman–Crippen MR) is 81.7 cm³/mol. The normalized spacial score (nSPS) is 13.5. The van der Waals surface area contributed by atoms with Crippen LogP contribution >= 0.6 is 0 Å². The smallest absolute Gasteiger partial charge is 0.283 e. The van der Waals surface area contributed by atoms with Crippen molar-refractivity contribution in [3.63, 3.8) is 0 Å². The highest BCUT2D eigenvalue weighted by Gasteiger charge is 2.34. The van der Waals surface area contributed by atoms with E-state index >= 15 is 0 Å². The van der Waals surface area contributed by atoms with Gasteiger partial charge in [0.05, 0.1) is 11.3 Å². The summed E-state index contributed by atoms with van der Waals surface area (Å²) in [6.07, 6.45) is -1.33. The van der Waals surface area contributed by atoms with E-state index in [1.165, 1.54) is 12.1 Å². The zero-order chi connectivity index (χ0) is 17.8. The Kier molecular flexibility index (Phi) is 3.38. The maximum absolute atomic E-state index is 14.7. The van der Waals surface area contributed by atoms with Crippen LogP contribution in [0, 0.1) is 12.7 Å². The summed E-state index contributed by atoms with van der Waals surface area (Å²) in [5.41, 5.74) is 0.0551. The summed E-state index contributed by atoms with van der Waals surface area (Å²) in [5.74, 6) is 0.591. The third-order valence-corrected chi connectivity index (χ3v) is 4.34. The van der Waals surface area contributed by atoms with Crippen LogP contribution in [0.15, 0.2) is 30.6 Å². The van der Waals surface area contributed by atoms with E-state index in [1.54, 1.807) is 11.5 Å². The Hall–Kier alpha value is -2.77. The van der Waals surface area contributed by atoms with Crippen LogP contribution in [0.3, 0.4) is 0 Å². The molecule has 0 saturated carbocycles. The first-order valence-electron chi connectivity index (χ1n) is 7.61. The number of benzene rings is 1. The van der Waals surface area contributed by atoms with Crippen LogP contribution in [0.1, 0.15) is 22.8 Å². The second-order valence-corrected chi connectivity index (χ2v) is 5.88. The minimum Gasteiger partial charge on any atom is -0.283 e. The van der Waals surface area contributed by atoms with E-state index in [0.29, 0.717) is 24.4 Å². The maximum atomic E-state index is 14.7. The zero-order valence-corrected chi connectivity index (χ0v) is 13.1. The summed E-state index contributed by atoms with van der Waals surface area (Å²) >= 11 is 0.